The van der Waals surface area contributed by atoms with Crippen LogP contribution < -0.4 is 4.74 Å². The first-order valence-electron chi connectivity index (χ1n) is 6.67. The summed E-state index contributed by atoms with van der Waals surface area (Å²) in [4.78, 5) is 0. The van der Waals surface area contributed by atoms with Gasteiger partial charge >= 0.3 is 0 Å². The monoisotopic (exact) mass is 460 g/mol. The van der Waals surface area contributed by atoms with Gasteiger partial charge in [0, 0.05) is 8.90 Å². The summed E-state index contributed by atoms with van der Waals surface area (Å²) in [5.74, 6) is 0.855. The van der Waals surface area contributed by atoms with Crippen molar-refractivity contribution in [1.29, 1.82) is 0 Å². The molecule has 0 saturated carbocycles. The lowest BCUT2D eigenvalue weighted by atomic mass is 9.98. The number of alkyl halides is 1. The molecule has 0 aliphatic rings. The van der Waals surface area contributed by atoms with Crippen LogP contribution in [0.15, 0.2) is 53.0 Å². The van der Waals surface area contributed by atoms with Crippen LogP contribution in [0, 0.1) is 0 Å². The Balaban J connectivity index is 2.17. The Bertz CT molecular complexity index is 603. The van der Waals surface area contributed by atoms with Crippen molar-refractivity contribution in [3.05, 3.63) is 64.1 Å². The predicted octanol–water partition coefficient (Wildman–Crippen LogP) is 5.32. The lowest BCUT2D eigenvalue weighted by Crippen LogP contribution is -2.28. The normalized spacial score (nSPS) is 13.7. The fraction of sp³-hybridized carbons (Fsp3) is 0.294. The van der Waals surface area contributed by atoms with E-state index in [1.807, 2.05) is 30.3 Å². The minimum atomic E-state index is -0.330. The van der Waals surface area contributed by atoms with Gasteiger partial charge in [-0.3, -0.25) is 0 Å². The van der Waals surface area contributed by atoms with Crippen LogP contribution in [0.2, 0.25) is 0 Å². The maximum absolute atomic E-state index is 6.24. The van der Waals surface area contributed by atoms with Crippen molar-refractivity contribution in [1.82, 2.24) is 0 Å². The molecule has 2 rings (SSSR count). The van der Waals surface area contributed by atoms with Crippen LogP contribution in [-0.2, 0) is 16.9 Å². The molecule has 2 aromatic carbocycles. The zero-order valence-electron chi connectivity index (χ0n) is 12.1. The van der Waals surface area contributed by atoms with Crippen molar-refractivity contribution in [2.45, 2.75) is 19.1 Å². The number of halogens is 2. The zero-order chi connectivity index (χ0) is 15.3. The van der Waals surface area contributed by atoms with Crippen LogP contribution in [-0.4, -0.2) is 11.5 Å². The molecular formula is C17H18BrIO2. The largest absolute Gasteiger partial charge is 0.497 e. The maximum Gasteiger partial charge on any atom is 0.119 e. The molecule has 0 aromatic heterocycles. The molecule has 0 radical (unpaired) electrons. The van der Waals surface area contributed by atoms with Crippen molar-refractivity contribution in [2.24, 2.45) is 0 Å². The first-order valence-corrected chi connectivity index (χ1v) is 8.99. The van der Waals surface area contributed by atoms with Gasteiger partial charge in [-0.1, -0.05) is 68.9 Å². The number of benzene rings is 2. The maximum atomic E-state index is 6.24. The summed E-state index contributed by atoms with van der Waals surface area (Å²) in [7, 11) is 1.68. The van der Waals surface area contributed by atoms with Crippen LogP contribution in [0.3, 0.4) is 0 Å². The molecule has 0 spiro atoms. The Hall–Kier alpha value is -0.590. The molecule has 0 amide bonds. The Labute approximate surface area is 148 Å². The lowest BCUT2D eigenvalue weighted by Gasteiger charge is -2.29. The second-order valence-corrected chi connectivity index (χ2v) is 6.60. The molecule has 0 aliphatic heterocycles. The third kappa shape index (κ3) is 4.20. The van der Waals surface area contributed by atoms with Crippen LogP contribution >= 0.6 is 38.5 Å². The summed E-state index contributed by atoms with van der Waals surface area (Å²) in [6, 6.07) is 16.2. The van der Waals surface area contributed by atoms with E-state index in [1.165, 1.54) is 5.56 Å². The summed E-state index contributed by atoms with van der Waals surface area (Å²) in [5.41, 5.74) is 1.95. The van der Waals surface area contributed by atoms with Gasteiger partial charge in [0.25, 0.3) is 0 Å². The third-order valence-corrected chi connectivity index (χ3v) is 5.54. The average Bonchev–Trinajstić information content (AvgIpc) is 2.53. The van der Waals surface area contributed by atoms with Crippen molar-refractivity contribution < 1.29 is 9.47 Å². The lowest BCUT2D eigenvalue weighted by molar-refractivity contribution is -0.0281. The summed E-state index contributed by atoms with van der Waals surface area (Å²) in [6.45, 7) is 2.68. The molecule has 1 unspecified atom stereocenters. The molecular weight excluding hydrogens is 443 g/mol. The van der Waals surface area contributed by atoms with Gasteiger partial charge in [0.1, 0.15) is 11.4 Å². The van der Waals surface area contributed by atoms with Gasteiger partial charge in [-0.15, -0.1) is 0 Å². The summed E-state index contributed by atoms with van der Waals surface area (Å²) >= 11 is 5.99. The summed E-state index contributed by atoms with van der Waals surface area (Å²) in [6.07, 6.45) is 0. The minimum absolute atomic E-state index is 0.330. The standard InChI is InChI=1S/C17H18BrIO2/c1-17(12-19,15-8-3-4-9-16(15)18)21-11-13-6-5-7-14(10-13)20-2/h3-10H,11-12H2,1-2H3. The Morgan fingerprint density at radius 3 is 2.57 bits per heavy atom. The Kier molecular flexibility index (Phi) is 6.08. The molecule has 2 aromatic rings. The van der Waals surface area contributed by atoms with Crippen LogP contribution in [0.1, 0.15) is 18.1 Å². The highest BCUT2D eigenvalue weighted by Crippen LogP contribution is 2.34. The van der Waals surface area contributed by atoms with E-state index in [9.17, 15) is 0 Å². The van der Waals surface area contributed by atoms with Gasteiger partial charge in [0.2, 0.25) is 0 Å². The highest BCUT2D eigenvalue weighted by molar-refractivity contribution is 14.1. The van der Waals surface area contributed by atoms with Crippen LogP contribution in [0.5, 0.6) is 5.75 Å². The molecule has 112 valence electrons. The molecule has 4 heteroatoms. The van der Waals surface area contributed by atoms with Gasteiger partial charge in [0.05, 0.1) is 13.7 Å². The van der Waals surface area contributed by atoms with Crippen molar-refractivity contribution >= 4 is 38.5 Å². The smallest absolute Gasteiger partial charge is 0.119 e. The zero-order valence-corrected chi connectivity index (χ0v) is 15.8. The van der Waals surface area contributed by atoms with E-state index < -0.39 is 0 Å². The van der Waals surface area contributed by atoms with E-state index in [2.05, 4.69) is 63.6 Å². The van der Waals surface area contributed by atoms with E-state index in [0.717, 1.165) is 20.2 Å². The van der Waals surface area contributed by atoms with Gasteiger partial charge in [-0.2, -0.15) is 0 Å². The second kappa shape index (κ2) is 7.61. The van der Waals surface area contributed by atoms with E-state index >= 15 is 0 Å². The van der Waals surface area contributed by atoms with E-state index in [0.29, 0.717) is 6.61 Å². The first kappa shape index (κ1) is 16.8. The predicted molar refractivity (Wildman–Crippen MR) is 98.2 cm³/mol. The molecule has 0 bridgehead atoms. The quantitative estimate of drug-likeness (QED) is 0.428. The van der Waals surface area contributed by atoms with Crippen molar-refractivity contribution in [2.75, 3.05) is 11.5 Å². The third-order valence-electron chi connectivity index (χ3n) is 3.39. The van der Waals surface area contributed by atoms with E-state index in [-0.39, 0.29) is 5.60 Å². The fourth-order valence-corrected chi connectivity index (χ4v) is 3.42. The minimum Gasteiger partial charge on any atom is -0.497 e. The van der Waals surface area contributed by atoms with Gasteiger partial charge in [-0.05, 0) is 36.2 Å². The molecule has 2 nitrogen and oxygen atoms in total. The van der Waals surface area contributed by atoms with Crippen LogP contribution in [0.4, 0.5) is 0 Å². The fourth-order valence-electron chi connectivity index (χ4n) is 2.08. The van der Waals surface area contributed by atoms with Gasteiger partial charge in [-0.25, -0.2) is 0 Å². The molecule has 0 fully saturated rings. The van der Waals surface area contributed by atoms with Crippen molar-refractivity contribution in [3.63, 3.8) is 0 Å². The number of hydrogen-bond acceptors (Lipinski definition) is 2. The molecule has 0 saturated heterocycles. The molecule has 0 heterocycles. The number of methoxy groups -OCH3 is 1. The first-order chi connectivity index (χ1) is 10.1. The second-order valence-electron chi connectivity index (χ2n) is 4.98. The number of hydrogen-bond donors (Lipinski definition) is 0. The Morgan fingerprint density at radius 1 is 1.14 bits per heavy atom. The highest BCUT2D eigenvalue weighted by Gasteiger charge is 2.28. The topological polar surface area (TPSA) is 18.5 Å². The number of ether oxygens (including phenoxy) is 2. The summed E-state index contributed by atoms with van der Waals surface area (Å²) in [5, 5.41) is 0. The number of rotatable bonds is 6. The summed E-state index contributed by atoms with van der Waals surface area (Å²) < 4.78 is 13.4. The van der Waals surface area contributed by atoms with Gasteiger partial charge in [0.15, 0.2) is 0 Å². The molecule has 1 atom stereocenters. The van der Waals surface area contributed by atoms with E-state index in [1.54, 1.807) is 7.11 Å². The van der Waals surface area contributed by atoms with Crippen molar-refractivity contribution in [3.8, 4) is 5.75 Å². The molecule has 0 aliphatic carbocycles. The van der Waals surface area contributed by atoms with Crippen LogP contribution in [0.25, 0.3) is 0 Å². The van der Waals surface area contributed by atoms with E-state index in [4.69, 9.17) is 9.47 Å². The average molecular weight is 461 g/mol. The SMILES string of the molecule is COc1cccc(COC(C)(CI)c2ccccc2Br)c1. The highest BCUT2D eigenvalue weighted by atomic mass is 127. The molecule has 21 heavy (non-hydrogen) atoms. The van der Waals surface area contributed by atoms with Gasteiger partial charge < -0.3 is 9.47 Å². The molecule has 0 N–H and O–H groups in total. The Morgan fingerprint density at radius 2 is 1.90 bits per heavy atom.